The van der Waals surface area contributed by atoms with Gasteiger partial charge in [-0.2, -0.15) is 0 Å². The van der Waals surface area contributed by atoms with Crippen LogP contribution < -0.4 is 10.1 Å². The van der Waals surface area contributed by atoms with Gasteiger partial charge in [-0.05, 0) is 31.2 Å². The van der Waals surface area contributed by atoms with Crippen LogP contribution in [-0.4, -0.2) is 24.5 Å². The van der Waals surface area contributed by atoms with Gasteiger partial charge >= 0.3 is 0 Å². The smallest absolute Gasteiger partial charge is 0.254 e. The molecule has 2 aromatic carbocycles. The van der Waals surface area contributed by atoms with Crippen LogP contribution >= 0.6 is 0 Å². The number of nitrogens with zero attached hydrogens (tertiary/aromatic N) is 1. The van der Waals surface area contributed by atoms with Gasteiger partial charge in [0.2, 0.25) is 5.89 Å². The van der Waals surface area contributed by atoms with Crippen molar-refractivity contribution < 1.29 is 18.3 Å². The molecule has 0 aliphatic rings. The van der Waals surface area contributed by atoms with Crippen molar-refractivity contribution in [2.45, 2.75) is 13.3 Å². The Morgan fingerprint density at radius 2 is 2.00 bits per heavy atom. The highest BCUT2D eigenvalue weighted by Gasteiger charge is 2.14. The number of nitrogens with one attached hydrogen (secondary N) is 1. The third-order valence-electron chi connectivity index (χ3n) is 3.98. The Labute approximate surface area is 150 Å². The zero-order valence-electron chi connectivity index (χ0n) is 14.6. The second-order valence-corrected chi connectivity index (χ2v) is 5.74. The van der Waals surface area contributed by atoms with Crippen molar-refractivity contribution in [2.24, 2.45) is 0 Å². The number of hydrogen-bond donors (Lipinski definition) is 1. The standard InChI is InChI=1S/C20H19FN2O3/c1-13-18(23-20(26-13)14-6-4-3-5-7-14)10-11-22-19(24)16-9-8-15(25-2)12-17(16)21/h3-9,12H,10-11H2,1-2H3,(H,22,24). The van der Waals surface area contributed by atoms with Crippen molar-refractivity contribution >= 4 is 5.91 Å². The summed E-state index contributed by atoms with van der Waals surface area (Å²) >= 11 is 0. The number of halogens is 1. The molecule has 0 radical (unpaired) electrons. The minimum absolute atomic E-state index is 0.0207. The van der Waals surface area contributed by atoms with Crippen LogP contribution in [0.4, 0.5) is 4.39 Å². The molecule has 1 aromatic heterocycles. The molecule has 0 atom stereocenters. The largest absolute Gasteiger partial charge is 0.497 e. The van der Waals surface area contributed by atoms with Gasteiger partial charge in [-0.1, -0.05) is 18.2 Å². The molecule has 0 saturated heterocycles. The van der Waals surface area contributed by atoms with E-state index >= 15 is 0 Å². The number of aryl methyl sites for hydroxylation is 1. The first-order valence-electron chi connectivity index (χ1n) is 8.22. The van der Waals surface area contributed by atoms with Crippen LogP contribution in [-0.2, 0) is 6.42 Å². The van der Waals surface area contributed by atoms with E-state index in [0.717, 1.165) is 11.3 Å². The Morgan fingerprint density at radius 3 is 2.69 bits per heavy atom. The van der Waals surface area contributed by atoms with Crippen LogP contribution in [0, 0.1) is 12.7 Å². The van der Waals surface area contributed by atoms with E-state index in [9.17, 15) is 9.18 Å². The van der Waals surface area contributed by atoms with E-state index in [1.165, 1.54) is 19.2 Å². The lowest BCUT2D eigenvalue weighted by Crippen LogP contribution is -2.26. The van der Waals surface area contributed by atoms with Gasteiger partial charge in [-0.25, -0.2) is 9.37 Å². The maximum absolute atomic E-state index is 13.9. The predicted octanol–water partition coefficient (Wildman–Crippen LogP) is 3.77. The van der Waals surface area contributed by atoms with Crippen molar-refractivity contribution in [1.82, 2.24) is 10.3 Å². The van der Waals surface area contributed by atoms with Gasteiger partial charge in [-0.3, -0.25) is 4.79 Å². The Morgan fingerprint density at radius 1 is 1.23 bits per heavy atom. The van der Waals surface area contributed by atoms with Crippen LogP contribution in [0.2, 0.25) is 0 Å². The highest BCUT2D eigenvalue weighted by Crippen LogP contribution is 2.21. The summed E-state index contributed by atoms with van der Waals surface area (Å²) in [5.41, 5.74) is 1.64. The molecule has 0 unspecified atom stereocenters. The van der Waals surface area contributed by atoms with Gasteiger partial charge in [0.1, 0.15) is 17.3 Å². The molecule has 0 fully saturated rings. The summed E-state index contributed by atoms with van der Waals surface area (Å²) in [5.74, 6) is 0.519. The topological polar surface area (TPSA) is 64.4 Å². The average Bonchev–Trinajstić information content (AvgIpc) is 3.03. The van der Waals surface area contributed by atoms with Crippen LogP contribution in [0.25, 0.3) is 11.5 Å². The Balaban J connectivity index is 1.61. The van der Waals surface area contributed by atoms with Crippen molar-refractivity contribution in [3.05, 3.63) is 71.4 Å². The van der Waals surface area contributed by atoms with E-state index < -0.39 is 11.7 Å². The first-order valence-corrected chi connectivity index (χ1v) is 8.22. The molecule has 3 rings (SSSR count). The van der Waals surface area contributed by atoms with E-state index in [0.29, 0.717) is 30.4 Å². The van der Waals surface area contributed by atoms with E-state index in [1.54, 1.807) is 6.07 Å². The fourth-order valence-corrected chi connectivity index (χ4v) is 2.56. The lowest BCUT2D eigenvalue weighted by molar-refractivity contribution is 0.0950. The van der Waals surface area contributed by atoms with E-state index in [2.05, 4.69) is 10.3 Å². The zero-order chi connectivity index (χ0) is 18.5. The second kappa shape index (κ2) is 7.82. The molecule has 0 aliphatic carbocycles. The number of ether oxygens (including phenoxy) is 1. The lowest BCUT2D eigenvalue weighted by atomic mass is 10.2. The maximum atomic E-state index is 13.9. The number of rotatable bonds is 6. The summed E-state index contributed by atoms with van der Waals surface area (Å²) < 4.78 is 24.5. The number of oxazole rings is 1. The van der Waals surface area contributed by atoms with Crippen LogP contribution in [0.15, 0.2) is 52.9 Å². The van der Waals surface area contributed by atoms with Gasteiger partial charge in [0.15, 0.2) is 0 Å². The Kier molecular flexibility index (Phi) is 5.31. The first kappa shape index (κ1) is 17.7. The molecule has 0 bridgehead atoms. The zero-order valence-corrected chi connectivity index (χ0v) is 14.6. The maximum Gasteiger partial charge on any atom is 0.254 e. The molecule has 3 aromatic rings. The van der Waals surface area contributed by atoms with Crippen LogP contribution in [0.1, 0.15) is 21.8 Å². The van der Waals surface area contributed by atoms with E-state index in [1.807, 2.05) is 37.3 Å². The molecular formula is C20H19FN2O3. The number of methoxy groups -OCH3 is 1. The summed E-state index contributed by atoms with van der Waals surface area (Å²) in [5, 5.41) is 2.70. The number of aromatic nitrogens is 1. The monoisotopic (exact) mass is 354 g/mol. The number of benzene rings is 2. The predicted molar refractivity (Wildman–Crippen MR) is 95.7 cm³/mol. The van der Waals surface area contributed by atoms with Gasteiger partial charge in [-0.15, -0.1) is 0 Å². The number of carbonyl (C=O) groups is 1. The van der Waals surface area contributed by atoms with E-state index in [4.69, 9.17) is 9.15 Å². The number of amides is 1. The molecule has 6 heteroatoms. The fourth-order valence-electron chi connectivity index (χ4n) is 2.56. The molecule has 0 aliphatic heterocycles. The number of hydrogen-bond acceptors (Lipinski definition) is 4. The summed E-state index contributed by atoms with van der Waals surface area (Å²) in [6, 6.07) is 13.7. The van der Waals surface area contributed by atoms with Gasteiger partial charge in [0.05, 0.1) is 18.4 Å². The van der Waals surface area contributed by atoms with Crippen molar-refractivity contribution in [3.8, 4) is 17.2 Å². The molecule has 0 saturated carbocycles. The van der Waals surface area contributed by atoms with Gasteiger partial charge < -0.3 is 14.5 Å². The molecule has 0 spiro atoms. The quantitative estimate of drug-likeness (QED) is 0.732. The Bertz CT molecular complexity index is 907. The summed E-state index contributed by atoms with van der Waals surface area (Å²) in [4.78, 5) is 16.6. The van der Waals surface area contributed by atoms with Crippen molar-refractivity contribution in [1.29, 1.82) is 0 Å². The van der Waals surface area contributed by atoms with Crippen molar-refractivity contribution in [2.75, 3.05) is 13.7 Å². The van der Waals surface area contributed by atoms with Crippen LogP contribution in [0.5, 0.6) is 5.75 Å². The normalized spacial score (nSPS) is 10.6. The molecule has 1 N–H and O–H groups in total. The molecule has 5 nitrogen and oxygen atoms in total. The van der Waals surface area contributed by atoms with Crippen LogP contribution in [0.3, 0.4) is 0 Å². The minimum atomic E-state index is -0.620. The van der Waals surface area contributed by atoms with Gasteiger partial charge in [0.25, 0.3) is 5.91 Å². The Hall–Kier alpha value is -3.15. The third-order valence-corrected chi connectivity index (χ3v) is 3.98. The summed E-state index contributed by atoms with van der Waals surface area (Å²) in [6.07, 6.45) is 0.492. The fraction of sp³-hybridized carbons (Fsp3) is 0.200. The van der Waals surface area contributed by atoms with E-state index in [-0.39, 0.29) is 5.56 Å². The highest BCUT2D eigenvalue weighted by molar-refractivity contribution is 5.94. The SMILES string of the molecule is COc1ccc(C(=O)NCCc2nc(-c3ccccc3)oc2C)c(F)c1. The lowest BCUT2D eigenvalue weighted by Gasteiger charge is -2.07. The van der Waals surface area contributed by atoms with Gasteiger partial charge in [0, 0.05) is 24.6 Å². The summed E-state index contributed by atoms with van der Waals surface area (Å²) in [7, 11) is 1.44. The summed E-state index contributed by atoms with van der Waals surface area (Å²) in [6.45, 7) is 2.16. The molecule has 1 heterocycles. The molecular weight excluding hydrogens is 335 g/mol. The molecule has 26 heavy (non-hydrogen) atoms. The number of carbonyl (C=O) groups excluding carboxylic acids is 1. The highest BCUT2D eigenvalue weighted by atomic mass is 19.1. The third kappa shape index (κ3) is 3.91. The minimum Gasteiger partial charge on any atom is -0.497 e. The first-order chi connectivity index (χ1) is 12.6. The molecule has 134 valence electrons. The molecule has 1 amide bonds. The second-order valence-electron chi connectivity index (χ2n) is 5.74. The van der Waals surface area contributed by atoms with Crippen molar-refractivity contribution in [3.63, 3.8) is 0 Å². The average molecular weight is 354 g/mol.